The number of carbonyl (C=O) groups excluding carboxylic acids is 1. The molecule has 1 aliphatic heterocycles. The molecule has 0 spiro atoms. The number of amides is 1. The molecule has 1 saturated heterocycles. The molecule has 1 aliphatic rings. The SMILES string of the molecule is CC1CCC(C)N(C(=O)c2cc(Br)ccc2Br)C1. The zero-order valence-corrected chi connectivity index (χ0v) is 13.8. The van der Waals surface area contributed by atoms with Crippen LogP contribution < -0.4 is 0 Å². The number of rotatable bonds is 1. The van der Waals surface area contributed by atoms with E-state index in [4.69, 9.17) is 0 Å². The third-order valence-corrected chi connectivity index (χ3v) is 4.72. The van der Waals surface area contributed by atoms with Crippen LogP contribution in [0.3, 0.4) is 0 Å². The highest BCUT2D eigenvalue weighted by molar-refractivity contribution is 9.11. The number of hydrogen-bond donors (Lipinski definition) is 0. The third kappa shape index (κ3) is 2.97. The van der Waals surface area contributed by atoms with Crippen LogP contribution in [0, 0.1) is 5.92 Å². The molecule has 1 amide bonds. The van der Waals surface area contributed by atoms with Crippen molar-refractivity contribution >= 4 is 37.8 Å². The minimum absolute atomic E-state index is 0.127. The fraction of sp³-hybridized carbons (Fsp3) is 0.500. The maximum absolute atomic E-state index is 12.6. The molecular formula is C14H17Br2NO. The minimum atomic E-state index is 0.127. The van der Waals surface area contributed by atoms with Gasteiger partial charge in [-0.1, -0.05) is 22.9 Å². The molecule has 0 aromatic heterocycles. The second-order valence-electron chi connectivity index (χ2n) is 5.11. The Morgan fingerprint density at radius 1 is 1.28 bits per heavy atom. The summed E-state index contributed by atoms with van der Waals surface area (Å²) >= 11 is 6.89. The molecule has 2 unspecified atom stereocenters. The molecule has 1 fully saturated rings. The van der Waals surface area contributed by atoms with Gasteiger partial charge < -0.3 is 4.90 Å². The second-order valence-corrected chi connectivity index (χ2v) is 6.88. The molecule has 1 aromatic rings. The van der Waals surface area contributed by atoms with Crippen molar-refractivity contribution in [1.82, 2.24) is 4.90 Å². The Morgan fingerprint density at radius 3 is 2.72 bits per heavy atom. The summed E-state index contributed by atoms with van der Waals surface area (Å²) in [4.78, 5) is 14.6. The first-order valence-electron chi connectivity index (χ1n) is 6.25. The lowest BCUT2D eigenvalue weighted by atomic mass is 9.94. The van der Waals surface area contributed by atoms with Gasteiger partial charge in [0.05, 0.1) is 5.56 Å². The van der Waals surface area contributed by atoms with Crippen molar-refractivity contribution in [3.8, 4) is 0 Å². The average molecular weight is 375 g/mol. The van der Waals surface area contributed by atoms with Gasteiger partial charge in [0.2, 0.25) is 0 Å². The summed E-state index contributed by atoms with van der Waals surface area (Å²) in [6.07, 6.45) is 2.31. The quantitative estimate of drug-likeness (QED) is 0.709. The Balaban J connectivity index is 2.27. The number of carbonyl (C=O) groups is 1. The molecule has 2 nitrogen and oxygen atoms in total. The summed E-state index contributed by atoms with van der Waals surface area (Å²) in [5.41, 5.74) is 0.741. The second kappa shape index (κ2) is 5.74. The van der Waals surface area contributed by atoms with E-state index in [1.54, 1.807) is 0 Å². The van der Waals surface area contributed by atoms with Gasteiger partial charge in [-0.25, -0.2) is 0 Å². The molecule has 1 aromatic carbocycles. The number of likely N-dealkylation sites (tertiary alicyclic amines) is 1. The maximum atomic E-state index is 12.6. The average Bonchev–Trinajstić information content (AvgIpc) is 2.34. The molecule has 98 valence electrons. The topological polar surface area (TPSA) is 20.3 Å². The summed E-state index contributed by atoms with van der Waals surface area (Å²) in [5.74, 6) is 0.721. The molecule has 0 aliphatic carbocycles. The van der Waals surface area contributed by atoms with Gasteiger partial charge >= 0.3 is 0 Å². The Kier molecular flexibility index (Phi) is 4.49. The summed E-state index contributed by atoms with van der Waals surface area (Å²) in [6.45, 7) is 5.21. The highest BCUT2D eigenvalue weighted by atomic mass is 79.9. The van der Waals surface area contributed by atoms with Gasteiger partial charge in [-0.2, -0.15) is 0 Å². The van der Waals surface area contributed by atoms with E-state index in [0.717, 1.165) is 27.5 Å². The van der Waals surface area contributed by atoms with Crippen molar-refractivity contribution in [3.05, 3.63) is 32.7 Å². The Hall–Kier alpha value is -0.350. The van der Waals surface area contributed by atoms with Crippen molar-refractivity contribution in [1.29, 1.82) is 0 Å². The number of halogens is 2. The number of piperidine rings is 1. The Bertz CT molecular complexity index is 461. The van der Waals surface area contributed by atoms with E-state index < -0.39 is 0 Å². The van der Waals surface area contributed by atoms with Crippen LogP contribution in [0.1, 0.15) is 37.0 Å². The van der Waals surface area contributed by atoms with Crippen LogP contribution in [-0.4, -0.2) is 23.4 Å². The van der Waals surface area contributed by atoms with Crippen LogP contribution in [0.5, 0.6) is 0 Å². The van der Waals surface area contributed by atoms with Crippen LogP contribution in [0.4, 0.5) is 0 Å². The van der Waals surface area contributed by atoms with Crippen LogP contribution >= 0.6 is 31.9 Å². The number of hydrogen-bond acceptors (Lipinski definition) is 1. The van der Waals surface area contributed by atoms with Gasteiger partial charge in [-0.05, 0) is 59.8 Å². The van der Waals surface area contributed by atoms with E-state index in [9.17, 15) is 4.79 Å². The largest absolute Gasteiger partial charge is 0.336 e. The summed E-state index contributed by atoms with van der Waals surface area (Å²) in [5, 5.41) is 0. The van der Waals surface area contributed by atoms with Gasteiger partial charge in [0.25, 0.3) is 5.91 Å². The minimum Gasteiger partial charge on any atom is -0.336 e. The molecule has 2 atom stereocenters. The van der Waals surface area contributed by atoms with E-state index in [0.29, 0.717) is 12.0 Å². The molecule has 1 heterocycles. The van der Waals surface area contributed by atoms with Gasteiger partial charge in [0.15, 0.2) is 0 Å². The highest BCUT2D eigenvalue weighted by Gasteiger charge is 2.28. The predicted molar refractivity (Wildman–Crippen MR) is 80.7 cm³/mol. The van der Waals surface area contributed by atoms with E-state index in [2.05, 4.69) is 45.7 Å². The van der Waals surface area contributed by atoms with Crippen LogP contribution in [-0.2, 0) is 0 Å². The molecule has 0 saturated carbocycles. The third-order valence-electron chi connectivity index (χ3n) is 3.54. The maximum Gasteiger partial charge on any atom is 0.255 e. The van der Waals surface area contributed by atoms with Crippen molar-refractivity contribution in [2.45, 2.75) is 32.7 Å². The lowest BCUT2D eigenvalue weighted by molar-refractivity contribution is 0.0573. The fourth-order valence-corrected chi connectivity index (χ4v) is 3.17. The molecule has 0 N–H and O–H groups in total. The first-order valence-corrected chi connectivity index (χ1v) is 7.83. The van der Waals surface area contributed by atoms with E-state index in [1.165, 1.54) is 6.42 Å². The summed E-state index contributed by atoms with van der Waals surface area (Å²) < 4.78 is 1.80. The summed E-state index contributed by atoms with van der Waals surface area (Å²) in [7, 11) is 0. The van der Waals surface area contributed by atoms with Crippen LogP contribution in [0.15, 0.2) is 27.1 Å². The molecule has 4 heteroatoms. The lowest BCUT2D eigenvalue weighted by Crippen LogP contribution is -2.45. The summed E-state index contributed by atoms with van der Waals surface area (Å²) in [6, 6.07) is 6.07. The first-order chi connectivity index (χ1) is 8.49. The Labute approximate surface area is 125 Å². The monoisotopic (exact) mass is 373 g/mol. The van der Waals surface area contributed by atoms with Crippen LogP contribution in [0.2, 0.25) is 0 Å². The zero-order chi connectivity index (χ0) is 13.3. The normalized spacial score (nSPS) is 24.1. The van der Waals surface area contributed by atoms with Crippen molar-refractivity contribution < 1.29 is 4.79 Å². The fourth-order valence-electron chi connectivity index (χ4n) is 2.39. The highest BCUT2D eigenvalue weighted by Crippen LogP contribution is 2.27. The van der Waals surface area contributed by atoms with Gasteiger partial charge in [0.1, 0.15) is 0 Å². The van der Waals surface area contributed by atoms with E-state index >= 15 is 0 Å². The van der Waals surface area contributed by atoms with Crippen molar-refractivity contribution in [2.75, 3.05) is 6.54 Å². The standard InChI is InChI=1S/C14H17Br2NO/c1-9-3-4-10(2)17(8-9)14(18)12-7-11(15)5-6-13(12)16/h5-7,9-10H,3-4,8H2,1-2H3. The van der Waals surface area contributed by atoms with E-state index in [-0.39, 0.29) is 5.91 Å². The van der Waals surface area contributed by atoms with Gasteiger partial charge in [-0.3, -0.25) is 4.79 Å². The number of nitrogens with zero attached hydrogens (tertiary/aromatic N) is 1. The smallest absolute Gasteiger partial charge is 0.255 e. The predicted octanol–water partition coefficient (Wildman–Crippen LogP) is 4.47. The Morgan fingerprint density at radius 2 is 2.00 bits per heavy atom. The zero-order valence-electron chi connectivity index (χ0n) is 10.6. The molecular weight excluding hydrogens is 358 g/mol. The van der Waals surface area contributed by atoms with Crippen molar-refractivity contribution in [2.24, 2.45) is 5.92 Å². The van der Waals surface area contributed by atoms with Gasteiger partial charge in [0, 0.05) is 21.5 Å². The molecule has 0 radical (unpaired) electrons. The van der Waals surface area contributed by atoms with Gasteiger partial charge in [-0.15, -0.1) is 0 Å². The van der Waals surface area contributed by atoms with E-state index in [1.807, 2.05) is 23.1 Å². The molecule has 2 rings (SSSR count). The van der Waals surface area contributed by atoms with Crippen LogP contribution in [0.25, 0.3) is 0 Å². The molecule has 0 bridgehead atoms. The van der Waals surface area contributed by atoms with Crippen molar-refractivity contribution in [3.63, 3.8) is 0 Å². The lowest BCUT2D eigenvalue weighted by Gasteiger charge is -2.37. The molecule has 18 heavy (non-hydrogen) atoms. The first kappa shape index (κ1) is 14.1. The number of benzene rings is 1.